The number of benzene rings is 1. The van der Waals surface area contributed by atoms with E-state index in [0.717, 1.165) is 38.2 Å². The molecule has 1 saturated heterocycles. The van der Waals surface area contributed by atoms with Crippen molar-refractivity contribution in [1.29, 1.82) is 0 Å². The number of ether oxygens (including phenoxy) is 2. The molecule has 1 aromatic heterocycles. The lowest BCUT2D eigenvalue weighted by Crippen LogP contribution is -2.45. The largest absolute Gasteiger partial charge is 0.493 e. The Hall–Kier alpha value is -3.88. The Labute approximate surface area is 253 Å². The number of amides is 2. The zero-order valence-corrected chi connectivity index (χ0v) is 25.3. The predicted molar refractivity (Wildman–Crippen MR) is 153 cm³/mol. The van der Waals surface area contributed by atoms with Crippen LogP contribution < -0.4 is 10.1 Å². The number of alkyl halides is 3. The minimum absolute atomic E-state index is 0.00985. The van der Waals surface area contributed by atoms with Crippen LogP contribution >= 0.6 is 0 Å². The smallest absolute Gasteiger partial charge is 0.437 e. The van der Waals surface area contributed by atoms with Gasteiger partial charge < -0.3 is 29.1 Å². The average molecular weight is 628 g/mol. The standard InChI is InChI=1S/C29H40F3N5O7/c1-5-6-7-8-9-10-15-42-21-12-11-18(16-20(21)29(30,31)32)23-33-24(44-36-23)22-19(17-38)13-14-37(22)25(34-26(39)40)35-27(41)43-28(2,3)4/h11-12,16,19,22,38H,5-10,13-15,17H2,1-4H3,(H,39,40)(H,34,35,41)/t19-,22+/m1/s1. The SMILES string of the molecule is CCCCCCCCOc1ccc(-c2noc([C@@H]3[C@@H](CO)CCN3C(=NC(=O)OC(C)(C)C)NC(=O)O)n2)cc1C(F)(F)F. The highest BCUT2D eigenvalue weighted by Gasteiger charge is 2.42. The van der Waals surface area contributed by atoms with Crippen LogP contribution in [0.1, 0.15) is 90.1 Å². The van der Waals surface area contributed by atoms with Crippen LogP contribution in [0.25, 0.3) is 11.4 Å². The lowest BCUT2D eigenvalue weighted by molar-refractivity contribution is -0.138. The molecule has 0 radical (unpaired) electrons. The third kappa shape index (κ3) is 9.82. The van der Waals surface area contributed by atoms with Gasteiger partial charge in [-0.3, -0.25) is 5.32 Å². The van der Waals surface area contributed by atoms with Crippen LogP contribution in [-0.2, 0) is 10.9 Å². The molecule has 3 rings (SSSR count). The highest BCUT2D eigenvalue weighted by molar-refractivity contribution is 5.98. The zero-order valence-electron chi connectivity index (χ0n) is 25.3. The number of carbonyl (C=O) groups excluding carboxylic acids is 1. The molecular weight excluding hydrogens is 587 g/mol. The molecule has 2 amide bonds. The fourth-order valence-electron chi connectivity index (χ4n) is 4.80. The van der Waals surface area contributed by atoms with Gasteiger partial charge in [0.05, 0.1) is 12.2 Å². The topological polar surface area (TPSA) is 160 Å². The summed E-state index contributed by atoms with van der Waals surface area (Å²) in [6, 6.07) is 2.53. The monoisotopic (exact) mass is 627 g/mol. The van der Waals surface area contributed by atoms with Gasteiger partial charge in [-0.25, -0.2) is 9.59 Å². The summed E-state index contributed by atoms with van der Waals surface area (Å²) in [7, 11) is 0. The number of aliphatic hydroxyl groups is 1. The number of likely N-dealkylation sites (tertiary alicyclic amines) is 1. The minimum Gasteiger partial charge on any atom is -0.493 e. The Morgan fingerprint density at radius 3 is 2.50 bits per heavy atom. The van der Waals surface area contributed by atoms with E-state index in [1.807, 2.05) is 0 Å². The van der Waals surface area contributed by atoms with E-state index in [2.05, 4.69) is 27.4 Å². The lowest BCUT2D eigenvalue weighted by Gasteiger charge is -2.27. The van der Waals surface area contributed by atoms with Gasteiger partial charge in [-0.1, -0.05) is 44.2 Å². The van der Waals surface area contributed by atoms with E-state index >= 15 is 0 Å². The van der Waals surface area contributed by atoms with Crippen molar-refractivity contribution in [3.63, 3.8) is 0 Å². The van der Waals surface area contributed by atoms with Gasteiger partial charge in [0.2, 0.25) is 17.7 Å². The second kappa shape index (κ2) is 15.2. The van der Waals surface area contributed by atoms with Gasteiger partial charge in [-0.05, 0) is 51.8 Å². The summed E-state index contributed by atoms with van der Waals surface area (Å²) in [4.78, 5) is 33.3. The molecule has 3 N–H and O–H groups in total. The van der Waals surface area contributed by atoms with Gasteiger partial charge in [0.1, 0.15) is 17.4 Å². The van der Waals surface area contributed by atoms with Crippen molar-refractivity contribution in [2.24, 2.45) is 10.9 Å². The highest BCUT2D eigenvalue weighted by atomic mass is 19.4. The number of unbranched alkanes of at least 4 members (excludes halogenated alkanes) is 5. The molecule has 12 nitrogen and oxygen atoms in total. The van der Waals surface area contributed by atoms with Gasteiger partial charge in [0.25, 0.3) is 0 Å². The van der Waals surface area contributed by atoms with E-state index in [-0.39, 0.29) is 42.8 Å². The maximum atomic E-state index is 14.0. The number of aliphatic imine (C=N–C) groups is 1. The van der Waals surface area contributed by atoms with E-state index in [4.69, 9.17) is 14.0 Å². The van der Waals surface area contributed by atoms with Crippen LogP contribution in [-0.4, -0.2) is 68.8 Å². The number of nitrogens with zero attached hydrogens (tertiary/aromatic N) is 4. The van der Waals surface area contributed by atoms with Crippen LogP contribution in [0.4, 0.5) is 22.8 Å². The highest BCUT2D eigenvalue weighted by Crippen LogP contribution is 2.40. The average Bonchev–Trinajstić information content (AvgIpc) is 3.57. The van der Waals surface area contributed by atoms with Crippen molar-refractivity contribution >= 4 is 18.1 Å². The van der Waals surface area contributed by atoms with Gasteiger partial charge in [0.15, 0.2) is 0 Å². The molecule has 1 aliphatic heterocycles. The first kappa shape index (κ1) is 34.6. The molecule has 2 atom stereocenters. The minimum atomic E-state index is -4.71. The summed E-state index contributed by atoms with van der Waals surface area (Å²) < 4.78 is 58.0. The fraction of sp³-hybridized carbons (Fsp3) is 0.621. The molecule has 2 heterocycles. The number of halogens is 3. The number of nitrogens with one attached hydrogen (secondary N) is 1. The third-order valence-electron chi connectivity index (χ3n) is 6.83. The van der Waals surface area contributed by atoms with Crippen molar-refractivity contribution in [2.75, 3.05) is 19.8 Å². The summed E-state index contributed by atoms with van der Waals surface area (Å²) in [6.45, 7) is 6.87. The number of hydrogen-bond acceptors (Lipinski definition) is 8. The maximum Gasteiger partial charge on any atom is 0.437 e. The van der Waals surface area contributed by atoms with E-state index in [1.165, 1.54) is 17.0 Å². The summed E-state index contributed by atoms with van der Waals surface area (Å²) in [5.41, 5.74) is -1.88. The summed E-state index contributed by atoms with van der Waals surface area (Å²) in [5, 5.41) is 25.3. The Bertz CT molecular complexity index is 1290. The van der Waals surface area contributed by atoms with E-state index in [1.54, 1.807) is 20.8 Å². The number of hydrogen-bond donors (Lipinski definition) is 3. The van der Waals surface area contributed by atoms with Gasteiger partial charge >= 0.3 is 18.4 Å². The van der Waals surface area contributed by atoms with Crippen molar-refractivity contribution < 1.29 is 47.0 Å². The van der Waals surface area contributed by atoms with E-state index in [9.17, 15) is 33.0 Å². The molecule has 0 unspecified atom stereocenters. The molecule has 2 aromatic rings. The van der Waals surface area contributed by atoms with Crippen molar-refractivity contribution in [3.8, 4) is 17.1 Å². The Kier molecular flexibility index (Phi) is 12.0. The van der Waals surface area contributed by atoms with Crippen LogP contribution in [0, 0.1) is 5.92 Å². The lowest BCUT2D eigenvalue weighted by atomic mass is 10.0. The molecule has 1 aromatic carbocycles. The third-order valence-corrected chi connectivity index (χ3v) is 6.83. The Morgan fingerprint density at radius 1 is 1.16 bits per heavy atom. The summed E-state index contributed by atoms with van der Waals surface area (Å²) >= 11 is 0. The Balaban J connectivity index is 1.86. The van der Waals surface area contributed by atoms with Gasteiger partial charge in [-0.2, -0.15) is 18.2 Å². The maximum absolute atomic E-state index is 14.0. The summed E-state index contributed by atoms with van der Waals surface area (Å²) in [5.74, 6) is -1.51. The van der Waals surface area contributed by atoms with E-state index < -0.39 is 47.4 Å². The predicted octanol–water partition coefficient (Wildman–Crippen LogP) is 6.41. The molecule has 0 spiro atoms. The summed E-state index contributed by atoms with van der Waals surface area (Å²) in [6.07, 6.45) is -1.14. The molecule has 0 saturated carbocycles. The second-order valence-electron chi connectivity index (χ2n) is 11.5. The van der Waals surface area contributed by atoms with Crippen LogP contribution in [0.2, 0.25) is 0 Å². The number of aromatic nitrogens is 2. The first-order valence-electron chi connectivity index (χ1n) is 14.6. The van der Waals surface area contributed by atoms with Crippen LogP contribution in [0.5, 0.6) is 5.75 Å². The second-order valence-corrected chi connectivity index (χ2v) is 11.5. The quantitative estimate of drug-likeness (QED) is 0.144. The van der Waals surface area contributed by atoms with Crippen molar-refractivity contribution in [3.05, 3.63) is 29.7 Å². The molecular formula is C29H40F3N5O7. The number of rotatable bonds is 11. The van der Waals surface area contributed by atoms with Crippen molar-refractivity contribution in [1.82, 2.24) is 20.4 Å². The number of aliphatic hydroxyl groups excluding tert-OH is 1. The molecule has 0 aliphatic carbocycles. The molecule has 15 heteroatoms. The number of guanidine groups is 1. The van der Waals surface area contributed by atoms with Gasteiger partial charge in [0, 0.05) is 24.6 Å². The fourth-order valence-corrected chi connectivity index (χ4v) is 4.80. The van der Waals surface area contributed by atoms with E-state index in [0.29, 0.717) is 12.8 Å². The van der Waals surface area contributed by atoms with Crippen LogP contribution in [0.15, 0.2) is 27.7 Å². The zero-order chi connectivity index (χ0) is 32.5. The first-order chi connectivity index (χ1) is 20.7. The van der Waals surface area contributed by atoms with Crippen LogP contribution in [0.3, 0.4) is 0 Å². The van der Waals surface area contributed by atoms with Gasteiger partial charge in [-0.15, -0.1) is 4.99 Å². The van der Waals surface area contributed by atoms with Crippen molar-refractivity contribution in [2.45, 2.75) is 90.5 Å². The molecule has 1 aliphatic rings. The number of carboxylic acid groups (broad SMARTS) is 1. The number of carbonyl (C=O) groups is 2. The normalized spacial score (nSPS) is 17.5. The molecule has 44 heavy (non-hydrogen) atoms. The molecule has 244 valence electrons. The molecule has 0 bridgehead atoms. The Morgan fingerprint density at radius 2 is 1.86 bits per heavy atom. The first-order valence-corrected chi connectivity index (χ1v) is 14.6. The molecule has 1 fully saturated rings.